The summed E-state index contributed by atoms with van der Waals surface area (Å²) in [5, 5.41) is 7.75. The highest BCUT2D eigenvalue weighted by Crippen LogP contribution is 2.16. The van der Waals surface area contributed by atoms with Gasteiger partial charge in [-0.3, -0.25) is 13.9 Å². The Balaban J connectivity index is 1.43. The number of nitrogens with one attached hydrogen (secondary N) is 1. The molecule has 0 spiro atoms. The zero-order chi connectivity index (χ0) is 16.5. The number of aryl methyl sites for hydroxylation is 1. The topological polar surface area (TPSA) is 73.5 Å². The van der Waals surface area contributed by atoms with Crippen molar-refractivity contribution >= 4 is 22.1 Å². The second-order valence-corrected chi connectivity index (χ2v) is 7.30. The summed E-state index contributed by atoms with van der Waals surface area (Å²) in [5.41, 5.74) is 0.675. The van der Waals surface area contributed by atoms with Crippen molar-refractivity contribution < 1.29 is 4.74 Å². The van der Waals surface area contributed by atoms with Gasteiger partial charge < -0.3 is 10.1 Å². The van der Waals surface area contributed by atoms with Gasteiger partial charge in [0.15, 0.2) is 4.96 Å². The van der Waals surface area contributed by atoms with E-state index >= 15 is 0 Å². The molecule has 126 valence electrons. The van der Waals surface area contributed by atoms with Crippen LogP contribution < -0.4 is 10.9 Å². The van der Waals surface area contributed by atoms with Crippen molar-refractivity contribution in [2.75, 3.05) is 18.5 Å². The summed E-state index contributed by atoms with van der Waals surface area (Å²) >= 11 is 1.52. The van der Waals surface area contributed by atoms with E-state index in [1.54, 1.807) is 10.5 Å². The second kappa shape index (κ2) is 6.37. The summed E-state index contributed by atoms with van der Waals surface area (Å²) < 4.78 is 8.92. The van der Waals surface area contributed by atoms with Crippen molar-refractivity contribution in [3.63, 3.8) is 0 Å². The monoisotopic (exact) mass is 345 g/mol. The molecule has 1 saturated heterocycles. The van der Waals surface area contributed by atoms with Gasteiger partial charge in [-0.1, -0.05) is 0 Å². The van der Waals surface area contributed by atoms with Crippen molar-refractivity contribution in [2.24, 2.45) is 5.92 Å². The third-order valence-electron chi connectivity index (χ3n) is 4.10. The molecule has 1 unspecified atom stereocenters. The molecule has 0 aliphatic carbocycles. The molecule has 4 rings (SSSR count). The molecule has 4 heterocycles. The third-order valence-corrected chi connectivity index (χ3v) is 4.99. The Labute approximate surface area is 142 Å². The average Bonchev–Trinajstić information content (AvgIpc) is 3.27. The quantitative estimate of drug-likeness (QED) is 0.765. The van der Waals surface area contributed by atoms with Gasteiger partial charge in [-0.05, 0) is 13.3 Å². The van der Waals surface area contributed by atoms with E-state index in [4.69, 9.17) is 4.74 Å². The van der Waals surface area contributed by atoms with Gasteiger partial charge in [-0.15, -0.1) is 11.3 Å². The van der Waals surface area contributed by atoms with Crippen molar-refractivity contribution in [3.8, 4) is 0 Å². The Bertz CT molecular complexity index is 907. The molecule has 1 aliphatic rings. The van der Waals surface area contributed by atoms with Crippen LogP contribution in [0.3, 0.4) is 0 Å². The van der Waals surface area contributed by atoms with Gasteiger partial charge in [0, 0.05) is 48.5 Å². The number of anilines is 1. The minimum Gasteiger partial charge on any atom is -0.381 e. The van der Waals surface area contributed by atoms with Gasteiger partial charge in [-0.2, -0.15) is 5.10 Å². The van der Waals surface area contributed by atoms with E-state index < -0.39 is 0 Å². The largest absolute Gasteiger partial charge is 0.381 e. The lowest BCUT2D eigenvalue weighted by atomic mass is 10.1. The van der Waals surface area contributed by atoms with Gasteiger partial charge >= 0.3 is 0 Å². The average molecular weight is 345 g/mol. The number of aromatic nitrogens is 4. The fraction of sp³-hybridized carbons (Fsp3) is 0.438. The van der Waals surface area contributed by atoms with Crippen molar-refractivity contribution in [1.29, 1.82) is 0 Å². The molecule has 0 aromatic carbocycles. The molecule has 7 nitrogen and oxygen atoms in total. The van der Waals surface area contributed by atoms with Gasteiger partial charge in [0.2, 0.25) is 0 Å². The first-order valence-corrected chi connectivity index (χ1v) is 8.83. The Kier molecular flexibility index (Phi) is 4.07. The molecule has 1 atom stereocenters. The lowest BCUT2D eigenvalue weighted by Crippen LogP contribution is -2.15. The number of rotatable bonds is 5. The predicted molar refractivity (Wildman–Crippen MR) is 92.6 cm³/mol. The maximum absolute atomic E-state index is 12.1. The van der Waals surface area contributed by atoms with Crippen LogP contribution in [0, 0.1) is 12.8 Å². The van der Waals surface area contributed by atoms with Crippen LogP contribution in [0.15, 0.2) is 29.3 Å². The Morgan fingerprint density at radius 2 is 2.42 bits per heavy atom. The molecule has 0 amide bonds. The highest BCUT2D eigenvalue weighted by atomic mass is 32.1. The van der Waals surface area contributed by atoms with Gasteiger partial charge in [-0.25, -0.2) is 4.98 Å². The number of fused-ring (bicyclic) bond motifs is 1. The first kappa shape index (κ1) is 15.3. The maximum Gasteiger partial charge on any atom is 0.258 e. The summed E-state index contributed by atoms with van der Waals surface area (Å²) in [4.78, 5) is 18.4. The predicted octanol–water partition coefficient (Wildman–Crippen LogP) is 1.91. The molecule has 0 radical (unpaired) electrons. The van der Waals surface area contributed by atoms with Gasteiger partial charge in [0.1, 0.15) is 5.82 Å². The molecule has 3 aromatic heterocycles. The molecule has 24 heavy (non-hydrogen) atoms. The van der Waals surface area contributed by atoms with E-state index in [0.29, 0.717) is 12.5 Å². The van der Waals surface area contributed by atoms with Crippen molar-refractivity contribution in [1.82, 2.24) is 19.2 Å². The lowest BCUT2D eigenvalue weighted by molar-refractivity contribution is 0.181. The fourth-order valence-electron chi connectivity index (χ4n) is 2.88. The number of nitrogens with zero attached hydrogens (tertiary/aromatic N) is 4. The number of thiazole rings is 1. The summed E-state index contributed by atoms with van der Waals surface area (Å²) in [7, 11) is 0. The fourth-order valence-corrected chi connectivity index (χ4v) is 3.73. The van der Waals surface area contributed by atoms with Crippen molar-refractivity contribution in [3.05, 3.63) is 45.5 Å². The molecule has 0 bridgehead atoms. The molecular weight excluding hydrogens is 326 g/mol. The molecule has 0 saturated carbocycles. The second-order valence-electron chi connectivity index (χ2n) is 6.09. The summed E-state index contributed by atoms with van der Waals surface area (Å²) in [5.74, 6) is 1.34. The normalized spacial score (nSPS) is 17.6. The highest BCUT2D eigenvalue weighted by Gasteiger charge is 2.16. The summed E-state index contributed by atoms with van der Waals surface area (Å²) in [6, 6.07) is 3.51. The van der Waals surface area contributed by atoms with Crippen LogP contribution in [-0.2, 0) is 17.8 Å². The first-order valence-electron chi connectivity index (χ1n) is 8.01. The summed E-state index contributed by atoms with van der Waals surface area (Å²) in [6.07, 6.45) is 4.88. The molecule has 1 aliphatic heterocycles. The van der Waals surface area contributed by atoms with E-state index in [-0.39, 0.29) is 5.56 Å². The van der Waals surface area contributed by atoms with E-state index in [0.717, 1.165) is 47.5 Å². The van der Waals surface area contributed by atoms with E-state index in [1.165, 1.54) is 11.3 Å². The van der Waals surface area contributed by atoms with Crippen LogP contribution in [-0.4, -0.2) is 32.4 Å². The van der Waals surface area contributed by atoms with Crippen LogP contribution in [0.4, 0.5) is 5.82 Å². The summed E-state index contributed by atoms with van der Waals surface area (Å²) in [6.45, 7) is 4.99. The SMILES string of the molecule is Cc1cn2c(=O)cc(CNc3ccn(CC4CCOC4)n3)nc2s1. The number of hydrogen-bond donors (Lipinski definition) is 1. The van der Waals surface area contributed by atoms with E-state index in [1.807, 2.05) is 30.1 Å². The maximum atomic E-state index is 12.1. The number of hydrogen-bond acceptors (Lipinski definition) is 6. The molecule has 3 aromatic rings. The van der Waals surface area contributed by atoms with Crippen LogP contribution >= 0.6 is 11.3 Å². The minimum absolute atomic E-state index is 0.0482. The molecule has 1 fully saturated rings. The van der Waals surface area contributed by atoms with E-state index in [2.05, 4.69) is 15.4 Å². The smallest absolute Gasteiger partial charge is 0.258 e. The van der Waals surface area contributed by atoms with Gasteiger partial charge in [0.25, 0.3) is 5.56 Å². The Morgan fingerprint density at radius 3 is 3.25 bits per heavy atom. The Morgan fingerprint density at radius 1 is 1.50 bits per heavy atom. The number of ether oxygens (including phenoxy) is 1. The zero-order valence-electron chi connectivity index (χ0n) is 13.4. The third kappa shape index (κ3) is 3.20. The zero-order valence-corrected chi connectivity index (χ0v) is 14.3. The Hall–Kier alpha value is -2.19. The van der Waals surface area contributed by atoms with Crippen molar-refractivity contribution in [2.45, 2.75) is 26.4 Å². The minimum atomic E-state index is -0.0482. The van der Waals surface area contributed by atoms with Crippen LogP contribution in [0.25, 0.3) is 4.96 Å². The van der Waals surface area contributed by atoms with E-state index in [9.17, 15) is 4.79 Å². The standard InChI is InChI=1S/C16H19N5O2S/c1-11-8-21-15(22)6-13(18-16(21)24-11)7-17-14-2-4-20(19-14)9-12-3-5-23-10-12/h2,4,6,8,12H,3,5,7,9-10H2,1H3,(H,17,19). The molecular formula is C16H19N5O2S. The lowest BCUT2D eigenvalue weighted by Gasteiger charge is -2.07. The van der Waals surface area contributed by atoms with Gasteiger partial charge in [0.05, 0.1) is 18.8 Å². The van der Waals surface area contributed by atoms with Crippen LogP contribution in [0.2, 0.25) is 0 Å². The molecule has 1 N–H and O–H groups in total. The van der Waals surface area contributed by atoms with Crippen LogP contribution in [0.5, 0.6) is 0 Å². The highest BCUT2D eigenvalue weighted by molar-refractivity contribution is 7.16. The van der Waals surface area contributed by atoms with Crippen LogP contribution in [0.1, 0.15) is 17.0 Å². The first-order chi connectivity index (χ1) is 11.7. The molecule has 8 heteroatoms.